The van der Waals surface area contributed by atoms with Crippen molar-refractivity contribution in [2.75, 3.05) is 6.61 Å². The molecule has 0 aromatic carbocycles. The van der Waals surface area contributed by atoms with Gasteiger partial charge in [0, 0.05) is 0 Å². The van der Waals surface area contributed by atoms with Gasteiger partial charge >= 0.3 is 5.69 Å². The van der Waals surface area contributed by atoms with Gasteiger partial charge in [-0.15, -0.1) is 6.42 Å². The zero-order chi connectivity index (χ0) is 16.0. The Morgan fingerprint density at radius 3 is 2.86 bits per heavy atom. The quantitative estimate of drug-likeness (QED) is 0.529. The van der Waals surface area contributed by atoms with E-state index < -0.39 is 46.4 Å². The number of halogens is 2. The van der Waals surface area contributed by atoms with Crippen molar-refractivity contribution in [2.45, 2.75) is 30.5 Å². The van der Waals surface area contributed by atoms with Crippen molar-refractivity contribution in [2.24, 2.45) is 0 Å². The van der Waals surface area contributed by atoms with Crippen LogP contribution in [0, 0.1) is 22.8 Å². The van der Waals surface area contributed by atoms with Crippen LogP contribution < -0.4 is 5.69 Å². The Bertz CT molecular complexity index is 727. The first kappa shape index (κ1) is 15.8. The van der Waals surface area contributed by atoms with Gasteiger partial charge in [0.05, 0.1) is 12.8 Å². The van der Waals surface area contributed by atoms with Crippen molar-refractivity contribution in [3.63, 3.8) is 0 Å². The summed E-state index contributed by atoms with van der Waals surface area (Å²) in [5.74, 6) is 0.840. The number of hydrogen-bond donors (Lipinski definition) is 3. The topological polar surface area (TPSA) is 87.5 Å². The standard InChI is InChI=1S/C12H12F2N2O4S/c1-3-12(19)8(14)11(2,5-17)20-9(12)16-4-6(13)7(21)15-10(16)18/h1,4,8-9,17,19H,5H2,2H3,(H,15,18,21)/t8?,9-,11?,12?/m1/s1. The molecule has 3 unspecified atom stereocenters. The minimum Gasteiger partial charge on any atom is -0.393 e. The molecule has 0 aliphatic carbocycles. The lowest BCUT2D eigenvalue weighted by molar-refractivity contribution is -0.115. The monoisotopic (exact) mass is 318 g/mol. The number of nitrogens with one attached hydrogen (secondary N) is 1. The van der Waals surface area contributed by atoms with E-state index in [4.69, 9.17) is 11.2 Å². The molecule has 1 aliphatic rings. The summed E-state index contributed by atoms with van der Waals surface area (Å²) in [5.41, 5.74) is -5.33. The molecule has 0 amide bonds. The highest BCUT2D eigenvalue weighted by molar-refractivity contribution is 7.71. The van der Waals surface area contributed by atoms with E-state index in [1.54, 1.807) is 0 Å². The summed E-state index contributed by atoms with van der Waals surface area (Å²) in [6, 6.07) is 0. The molecular formula is C12H12F2N2O4S. The smallest absolute Gasteiger partial charge is 0.328 e. The van der Waals surface area contributed by atoms with Gasteiger partial charge in [0.1, 0.15) is 10.2 Å². The molecular weight excluding hydrogens is 306 g/mol. The fourth-order valence-electron chi connectivity index (χ4n) is 2.16. The van der Waals surface area contributed by atoms with Crippen LogP contribution in [0.3, 0.4) is 0 Å². The van der Waals surface area contributed by atoms with Gasteiger partial charge in [0.15, 0.2) is 18.2 Å². The Morgan fingerprint density at radius 1 is 1.71 bits per heavy atom. The van der Waals surface area contributed by atoms with E-state index in [1.807, 2.05) is 10.9 Å². The molecule has 6 nitrogen and oxygen atoms in total. The molecule has 1 aromatic rings. The molecule has 1 aromatic heterocycles. The normalized spacial score (nSPS) is 35.6. The number of aliphatic hydroxyl groups excluding tert-OH is 1. The molecule has 2 rings (SSSR count). The second-order valence-electron chi connectivity index (χ2n) is 4.92. The van der Waals surface area contributed by atoms with Gasteiger partial charge in [-0.2, -0.15) is 0 Å². The number of alkyl halides is 1. The Kier molecular flexibility index (Phi) is 3.75. The summed E-state index contributed by atoms with van der Waals surface area (Å²) in [4.78, 5) is 13.8. The van der Waals surface area contributed by atoms with E-state index >= 15 is 0 Å². The molecule has 0 bridgehead atoms. The van der Waals surface area contributed by atoms with Crippen molar-refractivity contribution < 1.29 is 23.7 Å². The third-order valence-electron chi connectivity index (χ3n) is 3.40. The number of aliphatic hydroxyl groups is 2. The number of nitrogens with zero attached hydrogens (tertiary/aromatic N) is 1. The van der Waals surface area contributed by atoms with Gasteiger partial charge in [0.25, 0.3) is 0 Å². The van der Waals surface area contributed by atoms with Crippen LogP contribution in [0.15, 0.2) is 11.0 Å². The predicted molar refractivity (Wildman–Crippen MR) is 70.1 cm³/mol. The van der Waals surface area contributed by atoms with Crippen LogP contribution in [-0.4, -0.2) is 43.7 Å². The highest BCUT2D eigenvalue weighted by Crippen LogP contribution is 2.45. The Morgan fingerprint density at radius 2 is 2.33 bits per heavy atom. The van der Waals surface area contributed by atoms with E-state index in [-0.39, 0.29) is 0 Å². The zero-order valence-electron chi connectivity index (χ0n) is 10.8. The second kappa shape index (κ2) is 4.99. The number of rotatable bonds is 2. The lowest BCUT2D eigenvalue weighted by Gasteiger charge is -2.25. The van der Waals surface area contributed by atoms with Gasteiger partial charge in [-0.1, -0.05) is 18.1 Å². The first-order chi connectivity index (χ1) is 9.69. The summed E-state index contributed by atoms with van der Waals surface area (Å²) < 4.78 is 33.2. The van der Waals surface area contributed by atoms with Crippen molar-refractivity contribution in [3.05, 3.63) is 27.1 Å². The molecule has 2 heterocycles. The first-order valence-electron chi connectivity index (χ1n) is 5.83. The van der Waals surface area contributed by atoms with Crippen LogP contribution in [0.2, 0.25) is 0 Å². The van der Waals surface area contributed by atoms with Crippen molar-refractivity contribution >= 4 is 12.2 Å². The molecule has 114 valence electrons. The van der Waals surface area contributed by atoms with E-state index in [2.05, 4.69) is 12.2 Å². The zero-order valence-corrected chi connectivity index (χ0v) is 11.7. The van der Waals surface area contributed by atoms with Crippen molar-refractivity contribution in [3.8, 4) is 12.3 Å². The molecule has 1 aliphatic heterocycles. The SMILES string of the molecule is C#CC1(O)C(F)C(C)(CO)O[C@H]1n1cc(F)c(=S)[nH]c1=O. The predicted octanol–water partition coefficient (Wildman–Crippen LogP) is 0.0272. The summed E-state index contributed by atoms with van der Waals surface area (Å²) in [7, 11) is 0. The third-order valence-corrected chi connectivity index (χ3v) is 3.70. The second-order valence-corrected chi connectivity index (χ2v) is 5.33. The number of hydrogen-bond acceptors (Lipinski definition) is 5. The van der Waals surface area contributed by atoms with Crippen LogP contribution in [0.5, 0.6) is 0 Å². The largest absolute Gasteiger partial charge is 0.393 e. The maximum atomic E-state index is 14.4. The molecule has 1 saturated heterocycles. The molecule has 0 saturated carbocycles. The molecule has 9 heteroatoms. The van der Waals surface area contributed by atoms with Crippen LogP contribution in [0.4, 0.5) is 8.78 Å². The number of H-pyrrole nitrogens is 1. The highest BCUT2D eigenvalue weighted by Gasteiger charge is 2.63. The lowest BCUT2D eigenvalue weighted by Crippen LogP contribution is -2.48. The highest BCUT2D eigenvalue weighted by atomic mass is 32.1. The van der Waals surface area contributed by atoms with Gasteiger partial charge < -0.3 is 14.9 Å². The fraction of sp³-hybridized carbons (Fsp3) is 0.500. The molecule has 21 heavy (non-hydrogen) atoms. The summed E-state index contributed by atoms with van der Waals surface area (Å²) in [6.07, 6.45) is 1.88. The molecule has 0 spiro atoms. The summed E-state index contributed by atoms with van der Waals surface area (Å²) in [5, 5.41) is 19.5. The molecule has 0 radical (unpaired) electrons. The van der Waals surface area contributed by atoms with Gasteiger partial charge in [-0.05, 0) is 6.92 Å². The molecule has 4 atom stereocenters. The van der Waals surface area contributed by atoms with E-state index in [1.165, 1.54) is 6.92 Å². The van der Waals surface area contributed by atoms with E-state index in [9.17, 15) is 23.8 Å². The maximum absolute atomic E-state index is 14.4. The van der Waals surface area contributed by atoms with E-state index in [0.717, 1.165) is 0 Å². The Hall–Kier alpha value is -1.60. The number of ether oxygens (including phenoxy) is 1. The number of terminal acetylenes is 1. The third kappa shape index (κ3) is 2.20. The van der Waals surface area contributed by atoms with Crippen molar-refractivity contribution in [1.82, 2.24) is 9.55 Å². The molecule has 1 fully saturated rings. The Balaban J connectivity index is 2.64. The minimum atomic E-state index is -2.55. The average Bonchev–Trinajstić information content (AvgIpc) is 2.66. The van der Waals surface area contributed by atoms with Crippen LogP contribution >= 0.6 is 12.2 Å². The minimum absolute atomic E-state index is 0.444. The Labute approximate surface area is 123 Å². The van der Waals surface area contributed by atoms with Crippen LogP contribution in [0.25, 0.3) is 0 Å². The van der Waals surface area contributed by atoms with Crippen molar-refractivity contribution in [1.29, 1.82) is 0 Å². The van der Waals surface area contributed by atoms with Gasteiger partial charge in [-0.3, -0.25) is 9.55 Å². The van der Waals surface area contributed by atoms with Crippen LogP contribution in [-0.2, 0) is 4.74 Å². The van der Waals surface area contributed by atoms with Crippen LogP contribution in [0.1, 0.15) is 13.2 Å². The average molecular weight is 318 g/mol. The summed E-state index contributed by atoms with van der Waals surface area (Å²) >= 11 is 4.55. The summed E-state index contributed by atoms with van der Waals surface area (Å²) in [6.45, 7) is 0.376. The van der Waals surface area contributed by atoms with E-state index in [0.29, 0.717) is 10.8 Å². The first-order valence-corrected chi connectivity index (χ1v) is 6.24. The number of aromatic nitrogens is 2. The fourth-order valence-corrected chi connectivity index (χ4v) is 2.30. The molecule has 3 N–H and O–H groups in total. The van der Waals surface area contributed by atoms with Gasteiger partial charge in [0.2, 0.25) is 5.60 Å². The maximum Gasteiger partial charge on any atom is 0.328 e. The number of aromatic amines is 1. The lowest BCUT2D eigenvalue weighted by atomic mass is 9.89. The van der Waals surface area contributed by atoms with Gasteiger partial charge in [-0.25, -0.2) is 13.6 Å².